The number of halogens is 1. The van der Waals surface area contributed by atoms with Crippen LogP contribution in [0.1, 0.15) is 21.2 Å². The fraction of sp³-hybridized carbons (Fsp3) is 0.125. The molecule has 1 aromatic heterocycles. The molecule has 150 valence electrons. The smallest absolute Gasteiger partial charge is 0.169 e. The quantitative estimate of drug-likeness (QED) is 0.254. The van der Waals surface area contributed by atoms with Crippen LogP contribution in [-0.4, -0.2) is 20.5 Å². The number of carbonyl (C=O) groups is 1. The second kappa shape index (κ2) is 9.74. The lowest BCUT2D eigenvalue weighted by molar-refractivity contribution is 0.0901. The van der Waals surface area contributed by atoms with Crippen LogP contribution in [0, 0.1) is 5.92 Å². The van der Waals surface area contributed by atoms with Crippen LogP contribution in [0.4, 0.5) is 0 Å². The molecule has 4 aromatic rings. The third kappa shape index (κ3) is 4.99. The molecule has 0 bridgehead atoms. The molecule has 6 heteroatoms. The molecule has 4 nitrogen and oxygen atoms in total. The third-order valence-corrected chi connectivity index (χ3v) is 6.47. The Hall–Kier alpha value is -2.89. The van der Waals surface area contributed by atoms with E-state index in [9.17, 15) is 4.79 Å². The summed E-state index contributed by atoms with van der Waals surface area (Å²) in [6.45, 7) is 0.438. The van der Waals surface area contributed by atoms with Crippen LogP contribution in [0.2, 0.25) is 5.02 Å². The van der Waals surface area contributed by atoms with Crippen molar-refractivity contribution in [1.82, 2.24) is 14.8 Å². The van der Waals surface area contributed by atoms with Crippen LogP contribution >= 0.6 is 23.4 Å². The predicted octanol–water partition coefficient (Wildman–Crippen LogP) is 5.96. The molecule has 2 atom stereocenters. The van der Waals surface area contributed by atoms with E-state index in [-0.39, 0.29) is 17.0 Å². The Balaban J connectivity index is 1.75. The summed E-state index contributed by atoms with van der Waals surface area (Å²) in [6, 6.07) is 27.3. The number of nitrogens with zero attached hydrogens (tertiary/aromatic N) is 3. The summed E-state index contributed by atoms with van der Waals surface area (Å²) in [5, 5.41) is 4.84. The highest BCUT2D eigenvalue weighted by atomic mass is 35.5. The van der Waals surface area contributed by atoms with Crippen molar-refractivity contribution in [3.63, 3.8) is 0 Å². The van der Waals surface area contributed by atoms with Crippen molar-refractivity contribution in [2.75, 3.05) is 0 Å². The maximum absolute atomic E-state index is 13.6. The van der Waals surface area contributed by atoms with E-state index in [0.29, 0.717) is 17.1 Å². The lowest BCUT2D eigenvalue weighted by Gasteiger charge is -2.26. The van der Waals surface area contributed by atoms with Crippen LogP contribution in [-0.2, 0) is 6.54 Å². The molecule has 0 fully saturated rings. The van der Waals surface area contributed by atoms with Crippen molar-refractivity contribution >= 4 is 29.1 Å². The summed E-state index contributed by atoms with van der Waals surface area (Å²) in [5.74, 6) is -0.251. The van der Waals surface area contributed by atoms with Crippen molar-refractivity contribution in [2.24, 2.45) is 5.92 Å². The summed E-state index contributed by atoms with van der Waals surface area (Å²) < 4.78 is 1.73. The van der Waals surface area contributed by atoms with E-state index in [0.717, 1.165) is 10.5 Å². The predicted molar refractivity (Wildman–Crippen MR) is 121 cm³/mol. The first-order chi connectivity index (χ1) is 14.7. The Morgan fingerprint density at radius 1 is 0.933 bits per heavy atom. The number of hydrogen-bond donors (Lipinski definition) is 0. The second-order valence-corrected chi connectivity index (χ2v) is 8.51. The molecule has 0 spiro atoms. The van der Waals surface area contributed by atoms with Crippen LogP contribution < -0.4 is 0 Å². The van der Waals surface area contributed by atoms with Crippen molar-refractivity contribution < 1.29 is 4.79 Å². The molecular formula is C24H20ClN3OS. The van der Waals surface area contributed by atoms with E-state index < -0.39 is 0 Å². The Bertz CT molecular complexity index is 1070. The van der Waals surface area contributed by atoms with Gasteiger partial charge in [-0.2, -0.15) is 5.10 Å². The zero-order valence-corrected chi connectivity index (χ0v) is 17.7. The van der Waals surface area contributed by atoms with E-state index in [1.807, 2.05) is 72.8 Å². The van der Waals surface area contributed by atoms with Gasteiger partial charge >= 0.3 is 0 Å². The molecule has 0 radical (unpaired) electrons. The SMILES string of the molecule is O=C(c1ccccc1)[C@H](Cn1cncn1)[C@@H](Sc1ccc(Cl)cc1)c1ccccc1. The number of hydrogen-bond acceptors (Lipinski definition) is 4. The van der Waals surface area contributed by atoms with Crippen LogP contribution in [0.15, 0.2) is 102 Å². The largest absolute Gasteiger partial charge is 0.294 e. The first-order valence-electron chi connectivity index (χ1n) is 9.59. The van der Waals surface area contributed by atoms with E-state index in [2.05, 4.69) is 22.2 Å². The van der Waals surface area contributed by atoms with Gasteiger partial charge in [0.1, 0.15) is 12.7 Å². The average molecular weight is 434 g/mol. The summed E-state index contributed by atoms with van der Waals surface area (Å²) in [5.41, 5.74) is 1.78. The van der Waals surface area contributed by atoms with Crippen molar-refractivity contribution in [3.05, 3.63) is 114 Å². The molecule has 30 heavy (non-hydrogen) atoms. The highest BCUT2D eigenvalue weighted by molar-refractivity contribution is 7.99. The van der Waals surface area contributed by atoms with Crippen LogP contribution in [0.25, 0.3) is 0 Å². The van der Waals surface area contributed by atoms with Crippen LogP contribution in [0.5, 0.6) is 0 Å². The van der Waals surface area contributed by atoms with Gasteiger partial charge in [-0.25, -0.2) is 4.98 Å². The first-order valence-corrected chi connectivity index (χ1v) is 10.9. The lowest BCUT2D eigenvalue weighted by atomic mass is 9.90. The molecule has 4 rings (SSSR count). The van der Waals surface area contributed by atoms with Gasteiger partial charge in [0.15, 0.2) is 5.78 Å². The van der Waals surface area contributed by atoms with E-state index in [4.69, 9.17) is 11.6 Å². The van der Waals surface area contributed by atoms with Crippen molar-refractivity contribution in [3.8, 4) is 0 Å². The Kier molecular flexibility index (Phi) is 6.62. The van der Waals surface area contributed by atoms with Gasteiger partial charge in [0.25, 0.3) is 0 Å². The van der Waals surface area contributed by atoms with E-state index in [1.54, 1.807) is 22.8 Å². The number of aromatic nitrogens is 3. The topological polar surface area (TPSA) is 47.8 Å². The maximum Gasteiger partial charge on any atom is 0.169 e. The molecule has 0 amide bonds. The third-order valence-electron chi connectivity index (χ3n) is 4.82. The average Bonchev–Trinajstić information content (AvgIpc) is 3.31. The number of Topliss-reactive ketones (excluding diaryl/α,β-unsaturated/α-hetero) is 1. The van der Waals surface area contributed by atoms with Crippen molar-refractivity contribution in [1.29, 1.82) is 0 Å². The zero-order chi connectivity index (χ0) is 20.8. The molecule has 0 aliphatic carbocycles. The molecule has 1 heterocycles. The molecule has 3 aromatic carbocycles. The minimum Gasteiger partial charge on any atom is -0.294 e. The number of rotatable bonds is 8. The number of carbonyl (C=O) groups excluding carboxylic acids is 1. The maximum atomic E-state index is 13.6. The zero-order valence-electron chi connectivity index (χ0n) is 16.1. The highest BCUT2D eigenvalue weighted by Gasteiger charge is 2.32. The molecular weight excluding hydrogens is 414 g/mol. The molecule has 0 saturated carbocycles. The summed E-state index contributed by atoms with van der Waals surface area (Å²) >= 11 is 7.73. The number of ketones is 1. The van der Waals surface area contributed by atoms with Gasteiger partial charge in [-0.3, -0.25) is 9.48 Å². The van der Waals surface area contributed by atoms with Crippen molar-refractivity contribution in [2.45, 2.75) is 16.7 Å². The highest BCUT2D eigenvalue weighted by Crippen LogP contribution is 2.43. The van der Waals surface area contributed by atoms with Gasteiger partial charge in [0.05, 0.1) is 12.5 Å². The standard InChI is InChI=1S/C24H20ClN3OS/c25-20-11-13-21(14-12-20)30-24(19-9-5-2-6-10-19)22(15-28-17-26-16-27-28)23(29)18-7-3-1-4-8-18/h1-14,16-17,22,24H,15H2/t22-,24-/m0/s1. The minimum absolute atomic E-state index is 0.0846. The van der Waals surface area contributed by atoms with Gasteiger partial charge in [-0.15, -0.1) is 11.8 Å². The summed E-state index contributed by atoms with van der Waals surface area (Å²) in [4.78, 5) is 18.7. The fourth-order valence-corrected chi connectivity index (χ4v) is 4.73. The lowest BCUT2D eigenvalue weighted by Crippen LogP contribution is -2.26. The van der Waals surface area contributed by atoms with Crippen LogP contribution in [0.3, 0.4) is 0 Å². The van der Waals surface area contributed by atoms with Gasteiger partial charge in [0.2, 0.25) is 0 Å². The fourth-order valence-electron chi connectivity index (χ4n) is 3.35. The van der Waals surface area contributed by atoms with Gasteiger partial charge < -0.3 is 0 Å². The number of thioether (sulfide) groups is 1. The molecule has 0 aliphatic rings. The van der Waals surface area contributed by atoms with Gasteiger partial charge in [-0.05, 0) is 29.8 Å². The number of benzene rings is 3. The summed E-state index contributed by atoms with van der Waals surface area (Å²) in [6.07, 6.45) is 3.15. The van der Waals surface area contributed by atoms with Gasteiger partial charge in [0, 0.05) is 20.7 Å². The van der Waals surface area contributed by atoms with E-state index >= 15 is 0 Å². The first kappa shape index (κ1) is 20.4. The van der Waals surface area contributed by atoms with Gasteiger partial charge in [-0.1, -0.05) is 72.3 Å². The normalized spacial score (nSPS) is 13.0. The minimum atomic E-state index is -0.336. The molecule has 0 N–H and O–H groups in total. The summed E-state index contributed by atoms with van der Waals surface area (Å²) in [7, 11) is 0. The Morgan fingerprint density at radius 3 is 2.23 bits per heavy atom. The Labute approximate surface area is 184 Å². The molecule has 0 saturated heterocycles. The molecule has 0 aliphatic heterocycles. The molecule has 0 unspecified atom stereocenters. The van der Waals surface area contributed by atoms with E-state index in [1.165, 1.54) is 6.33 Å². The Morgan fingerprint density at radius 2 is 1.60 bits per heavy atom. The monoisotopic (exact) mass is 433 g/mol. The second-order valence-electron chi connectivity index (χ2n) is 6.86.